The lowest BCUT2D eigenvalue weighted by Gasteiger charge is -2.13. The Labute approximate surface area is 133 Å². The van der Waals surface area contributed by atoms with Crippen LogP contribution in [0, 0.1) is 6.92 Å². The Morgan fingerprint density at radius 2 is 2.13 bits per heavy atom. The number of amides is 1. The second-order valence-corrected chi connectivity index (χ2v) is 5.95. The first-order valence-electron chi connectivity index (χ1n) is 6.57. The fourth-order valence-electron chi connectivity index (χ4n) is 1.91. The van der Waals surface area contributed by atoms with Crippen LogP contribution in [0.1, 0.15) is 22.3 Å². The van der Waals surface area contributed by atoms with Crippen LogP contribution in [-0.4, -0.2) is 40.5 Å². The van der Waals surface area contributed by atoms with Crippen LogP contribution in [0.3, 0.4) is 0 Å². The second-order valence-electron chi connectivity index (χ2n) is 4.92. The molecule has 10 heteroatoms. The highest BCUT2D eigenvalue weighted by Gasteiger charge is 2.29. The van der Waals surface area contributed by atoms with Crippen molar-refractivity contribution in [2.45, 2.75) is 26.1 Å². The monoisotopic (exact) mass is 349 g/mol. The van der Waals surface area contributed by atoms with Crippen molar-refractivity contribution in [1.82, 2.24) is 15.1 Å². The number of hydrogen-bond donors (Lipinski definition) is 1. The van der Waals surface area contributed by atoms with Gasteiger partial charge in [-0.3, -0.25) is 9.48 Å². The molecule has 23 heavy (non-hydrogen) atoms. The van der Waals surface area contributed by atoms with Crippen molar-refractivity contribution in [2.75, 3.05) is 6.54 Å². The van der Waals surface area contributed by atoms with E-state index < -0.39 is 30.7 Å². The summed E-state index contributed by atoms with van der Waals surface area (Å²) >= 11 is 1.14. The van der Waals surface area contributed by atoms with Gasteiger partial charge in [-0.1, -0.05) is 0 Å². The van der Waals surface area contributed by atoms with Crippen molar-refractivity contribution in [3.63, 3.8) is 0 Å². The van der Waals surface area contributed by atoms with Gasteiger partial charge < -0.3 is 10.1 Å². The topological polar surface area (TPSA) is 73.2 Å². The predicted molar refractivity (Wildman–Crippen MR) is 77.3 cm³/mol. The first kappa shape index (κ1) is 17.3. The Morgan fingerprint density at radius 3 is 2.70 bits per heavy atom. The number of esters is 1. The lowest BCUT2D eigenvalue weighted by molar-refractivity contribution is -0.143. The normalized spacial score (nSPS) is 13.1. The standard InChI is InChI=1S/C13H14F3N3O3S/c1-6-8-4-9(23-11(8)19(3)18-6)12(21)22-7(2)10(20)17-5-13(14,15)16/h4,7H,5H2,1-3H3,(H,17,20). The molecular formula is C13H14F3N3O3S. The van der Waals surface area contributed by atoms with Crippen LogP contribution in [0.5, 0.6) is 0 Å². The van der Waals surface area contributed by atoms with Crippen LogP contribution in [0.4, 0.5) is 13.2 Å². The molecule has 2 rings (SSSR count). The minimum atomic E-state index is -4.52. The summed E-state index contributed by atoms with van der Waals surface area (Å²) in [6.45, 7) is 1.53. The van der Waals surface area contributed by atoms with Gasteiger partial charge in [0.1, 0.15) is 16.3 Å². The maximum absolute atomic E-state index is 12.0. The average molecular weight is 349 g/mol. The van der Waals surface area contributed by atoms with Crippen molar-refractivity contribution in [1.29, 1.82) is 0 Å². The number of aryl methyl sites for hydroxylation is 2. The molecule has 0 aromatic carbocycles. The van der Waals surface area contributed by atoms with E-state index in [1.54, 1.807) is 30.0 Å². The van der Waals surface area contributed by atoms with E-state index in [-0.39, 0.29) is 4.88 Å². The molecule has 1 amide bonds. The van der Waals surface area contributed by atoms with Crippen molar-refractivity contribution < 1.29 is 27.5 Å². The maximum Gasteiger partial charge on any atom is 0.405 e. The molecule has 2 aromatic rings. The van der Waals surface area contributed by atoms with E-state index in [1.165, 1.54) is 6.92 Å². The van der Waals surface area contributed by atoms with Crippen molar-refractivity contribution in [3.8, 4) is 0 Å². The fourth-order valence-corrected chi connectivity index (χ4v) is 2.92. The van der Waals surface area contributed by atoms with Crippen molar-refractivity contribution in [3.05, 3.63) is 16.6 Å². The molecule has 1 N–H and O–H groups in total. The number of ether oxygens (including phenoxy) is 1. The molecule has 0 radical (unpaired) electrons. The molecular weight excluding hydrogens is 335 g/mol. The molecule has 0 bridgehead atoms. The van der Waals surface area contributed by atoms with Gasteiger partial charge in [-0.05, 0) is 19.9 Å². The van der Waals surface area contributed by atoms with Gasteiger partial charge >= 0.3 is 12.1 Å². The molecule has 1 atom stereocenters. The van der Waals surface area contributed by atoms with E-state index in [0.29, 0.717) is 0 Å². The fraction of sp³-hybridized carbons (Fsp3) is 0.462. The first-order chi connectivity index (χ1) is 10.6. The van der Waals surface area contributed by atoms with Gasteiger partial charge in [0.2, 0.25) is 0 Å². The number of alkyl halides is 3. The highest BCUT2D eigenvalue weighted by atomic mass is 32.1. The van der Waals surface area contributed by atoms with Crippen LogP contribution >= 0.6 is 11.3 Å². The number of aromatic nitrogens is 2. The predicted octanol–water partition coefficient (Wildman–Crippen LogP) is 2.17. The van der Waals surface area contributed by atoms with Crippen molar-refractivity contribution >= 4 is 33.4 Å². The summed E-state index contributed by atoms with van der Waals surface area (Å²) in [7, 11) is 1.73. The molecule has 6 nitrogen and oxygen atoms in total. The summed E-state index contributed by atoms with van der Waals surface area (Å²) in [6.07, 6.45) is -5.84. The smallest absolute Gasteiger partial charge is 0.405 e. The molecule has 0 aliphatic heterocycles. The van der Waals surface area contributed by atoms with E-state index in [2.05, 4.69) is 5.10 Å². The Kier molecular flexibility index (Phi) is 4.64. The number of rotatable bonds is 4. The van der Waals surface area contributed by atoms with Gasteiger partial charge in [-0.15, -0.1) is 11.3 Å². The largest absolute Gasteiger partial charge is 0.448 e. The van der Waals surface area contributed by atoms with E-state index in [4.69, 9.17) is 4.74 Å². The molecule has 0 aliphatic carbocycles. The van der Waals surface area contributed by atoms with Gasteiger partial charge in [-0.25, -0.2) is 4.79 Å². The van der Waals surface area contributed by atoms with Gasteiger partial charge in [0.05, 0.1) is 5.69 Å². The molecule has 0 saturated carbocycles. The molecule has 2 aromatic heterocycles. The van der Waals surface area contributed by atoms with Crippen LogP contribution < -0.4 is 5.32 Å². The highest BCUT2D eigenvalue weighted by molar-refractivity contribution is 7.20. The number of halogens is 3. The molecule has 0 spiro atoms. The third-order valence-corrected chi connectivity index (χ3v) is 4.20. The first-order valence-corrected chi connectivity index (χ1v) is 7.38. The lowest BCUT2D eigenvalue weighted by atomic mass is 10.3. The SMILES string of the molecule is Cc1nn(C)c2sc(C(=O)OC(C)C(=O)NCC(F)(F)F)cc12. The number of nitrogens with zero attached hydrogens (tertiary/aromatic N) is 2. The minimum Gasteiger partial charge on any atom is -0.448 e. The molecule has 2 heterocycles. The van der Waals surface area contributed by atoms with Crippen LogP contribution in [-0.2, 0) is 16.6 Å². The summed E-state index contributed by atoms with van der Waals surface area (Å²) in [6, 6.07) is 1.59. The lowest BCUT2D eigenvalue weighted by Crippen LogP contribution is -2.40. The van der Waals surface area contributed by atoms with E-state index in [0.717, 1.165) is 27.2 Å². The number of hydrogen-bond acceptors (Lipinski definition) is 5. The summed E-state index contributed by atoms with van der Waals surface area (Å²) in [4.78, 5) is 24.5. The Morgan fingerprint density at radius 1 is 1.48 bits per heavy atom. The zero-order valence-electron chi connectivity index (χ0n) is 12.5. The molecule has 0 fully saturated rings. The number of carbonyl (C=O) groups excluding carboxylic acids is 2. The van der Waals surface area contributed by atoms with Gasteiger partial charge in [0.25, 0.3) is 5.91 Å². The summed E-state index contributed by atoms with van der Waals surface area (Å²) in [5, 5.41) is 6.65. The maximum atomic E-state index is 12.0. The number of thiophene rings is 1. The molecule has 0 saturated heterocycles. The number of nitrogens with one attached hydrogen (secondary N) is 1. The Balaban J connectivity index is 2.02. The zero-order chi connectivity index (χ0) is 17.4. The minimum absolute atomic E-state index is 0.256. The van der Waals surface area contributed by atoms with Crippen LogP contribution in [0.15, 0.2) is 6.07 Å². The average Bonchev–Trinajstić information content (AvgIpc) is 2.98. The van der Waals surface area contributed by atoms with Gasteiger partial charge in [-0.2, -0.15) is 18.3 Å². The Bertz CT molecular complexity index is 716. The molecule has 1 unspecified atom stereocenters. The van der Waals surface area contributed by atoms with E-state index in [1.807, 2.05) is 0 Å². The summed E-state index contributed by atoms with van der Waals surface area (Å²) < 4.78 is 42.6. The third-order valence-electron chi connectivity index (χ3n) is 3.01. The van der Waals surface area contributed by atoms with Crippen LogP contribution in [0.25, 0.3) is 10.2 Å². The Hall–Kier alpha value is -2.10. The summed E-state index contributed by atoms with van der Waals surface area (Å²) in [5.74, 6) is -1.77. The molecule has 126 valence electrons. The third kappa shape index (κ3) is 4.01. The zero-order valence-corrected chi connectivity index (χ0v) is 13.3. The molecule has 0 aliphatic rings. The number of fused-ring (bicyclic) bond motifs is 1. The van der Waals surface area contributed by atoms with Crippen LogP contribution in [0.2, 0.25) is 0 Å². The summed E-state index contributed by atoms with van der Waals surface area (Å²) in [5.41, 5.74) is 0.744. The van der Waals surface area contributed by atoms with E-state index in [9.17, 15) is 22.8 Å². The van der Waals surface area contributed by atoms with Gasteiger partial charge in [0, 0.05) is 12.4 Å². The quantitative estimate of drug-likeness (QED) is 0.859. The number of carbonyl (C=O) groups is 2. The van der Waals surface area contributed by atoms with Gasteiger partial charge in [0.15, 0.2) is 6.10 Å². The van der Waals surface area contributed by atoms with E-state index >= 15 is 0 Å². The highest BCUT2D eigenvalue weighted by Crippen LogP contribution is 2.28. The second kappa shape index (κ2) is 6.19. The van der Waals surface area contributed by atoms with Crippen molar-refractivity contribution in [2.24, 2.45) is 7.05 Å².